The van der Waals surface area contributed by atoms with Crippen molar-refractivity contribution < 1.29 is 14.4 Å². The molecule has 1 N–H and O–H groups in total. The van der Waals surface area contributed by atoms with Crippen molar-refractivity contribution in [3.05, 3.63) is 16.4 Å². The molecule has 1 saturated carbocycles. The highest BCUT2D eigenvalue weighted by Crippen LogP contribution is 2.33. The van der Waals surface area contributed by atoms with Gasteiger partial charge in [0.15, 0.2) is 0 Å². The molecular weight excluding hydrogens is 288 g/mol. The fourth-order valence-electron chi connectivity index (χ4n) is 2.51. The van der Waals surface area contributed by atoms with E-state index in [9.17, 15) is 10.1 Å². The van der Waals surface area contributed by atoms with Gasteiger partial charge in [0.05, 0.1) is 4.92 Å². The Balaban J connectivity index is 2.09. The van der Waals surface area contributed by atoms with Crippen LogP contribution in [0.5, 0.6) is 5.88 Å². The van der Waals surface area contributed by atoms with Crippen LogP contribution >= 0.6 is 0 Å². The summed E-state index contributed by atoms with van der Waals surface area (Å²) >= 11 is 0. The van der Waals surface area contributed by atoms with Gasteiger partial charge < -0.3 is 14.8 Å². The van der Waals surface area contributed by atoms with E-state index in [0.29, 0.717) is 13.2 Å². The lowest BCUT2D eigenvalue weighted by atomic mass is 9.98. The van der Waals surface area contributed by atoms with Crippen LogP contribution in [-0.4, -0.2) is 41.3 Å². The first-order valence-corrected chi connectivity index (χ1v) is 7.61. The van der Waals surface area contributed by atoms with E-state index < -0.39 is 4.92 Å². The van der Waals surface area contributed by atoms with Crippen LogP contribution in [0.3, 0.4) is 0 Å². The summed E-state index contributed by atoms with van der Waals surface area (Å²) in [6, 6.07) is 0. The van der Waals surface area contributed by atoms with E-state index in [2.05, 4.69) is 15.3 Å². The number of nitro groups is 1. The van der Waals surface area contributed by atoms with Crippen molar-refractivity contribution in [2.24, 2.45) is 0 Å². The molecule has 0 spiro atoms. The Morgan fingerprint density at radius 2 is 2.14 bits per heavy atom. The van der Waals surface area contributed by atoms with Crippen LogP contribution in [-0.2, 0) is 4.74 Å². The quantitative estimate of drug-likeness (QED) is 0.447. The van der Waals surface area contributed by atoms with Crippen molar-refractivity contribution in [1.29, 1.82) is 0 Å². The highest BCUT2D eigenvalue weighted by atomic mass is 16.6. The van der Waals surface area contributed by atoms with Crippen molar-refractivity contribution in [2.75, 3.05) is 25.6 Å². The second-order valence-corrected chi connectivity index (χ2v) is 5.28. The number of ether oxygens (including phenoxy) is 2. The standard InChI is InChI=1S/C14H22N4O4/c1-21-9-5-8-15-13-12(18(19)20)14(17-10-16-13)22-11-6-3-2-4-7-11/h10-11H,2-9H2,1H3,(H,15,16,17). The molecule has 1 aliphatic carbocycles. The van der Waals surface area contributed by atoms with Crippen molar-refractivity contribution in [3.63, 3.8) is 0 Å². The van der Waals surface area contributed by atoms with E-state index in [0.717, 1.165) is 32.1 Å². The van der Waals surface area contributed by atoms with E-state index in [1.165, 1.54) is 12.7 Å². The molecule has 0 saturated heterocycles. The summed E-state index contributed by atoms with van der Waals surface area (Å²) in [6.07, 6.45) is 7.23. The molecule has 0 aliphatic heterocycles. The van der Waals surface area contributed by atoms with E-state index in [1.807, 2.05) is 0 Å². The molecule has 1 heterocycles. The monoisotopic (exact) mass is 310 g/mol. The highest BCUT2D eigenvalue weighted by Gasteiger charge is 2.27. The summed E-state index contributed by atoms with van der Waals surface area (Å²) in [5, 5.41) is 14.3. The second kappa shape index (κ2) is 8.47. The van der Waals surface area contributed by atoms with E-state index in [1.54, 1.807) is 7.11 Å². The third-order valence-electron chi connectivity index (χ3n) is 3.62. The first kappa shape index (κ1) is 16.4. The zero-order valence-corrected chi connectivity index (χ0v) is 12.8. The van der Waals surface area contributed by atoms with Gasteiger partial charge in [0.2, 0.25) is 5.82 Å². The molecule has 0 atom stereocenters. The minimum absolute atomic E-state index is 0.00342. The fourth-order valence-corrected chi connectivity index (χ4v) is 2.51. The van der Waals surface area contributed by atoms with Crippen LogP contribution < -0.4 is 10.1 Å². The molecule has 8 heteroatoms. The van der Waals surface area contributed by atoms with E-state index in [-0.39, 0.29) is 23.5 Å². The van der Waals surface area contributed by atoms with Crippen LogP contribution in [0.25, 0.3) is 0 Å². The van der Waals surface area contributed by atoms with E-state index >= 15 is 0 Å². The predicted molar refractivity (Wildman–Crippen MR) is 81.2 cm³/mol. The zero-order chi connectivity index (χ0) is 15.8. The first-order valence-electron chi connectivity index (χ1n) is 7.61. The molecule has 0 bridgehead atoms. The third kappa shape index (κ3) is 4.52. The van der Waals surface area contributed by atoms with Crippen molar-refractivity contribution in [3.8, 4) is 5.88 Å². The number of hydrogen-bond donors (Lipinski definition) is 1. The van der Waals surface area contributed by atoms with Crippen LogP contribution in [0.1, 0.15) is 38.5 Å². The summed E-state index contributed by atoms with van der Waals surface area (Å²) in [5.41, 5.74) is -0.189. The molecule has 22 heavy (non-hydrogen) atoms. The molecule has 2 rings (SSSR count). The van der Waals surface area contributed by atoms with Gasteiger partial charge in [0.1, 0.15) is 12.4 Å². The average molecular weight is 310 g/mol. The molecule has 0 amide bonds. The van der Waals surface area contributed by atoms with Crippen molar-refractivity contribution >= 4 is 11.5 Å². The third-order valence-corrected chi connectivity index (χ3v) is 3.62. The van der Waals surface area contributed by atoms with Gasteiger partial charge in [-0.2, -0.15) is 4.98 Å². The summed E-state index contributed by atoms with van der Waals surface area (Å²) in [6.45, 7) is 1.12. The fraction of sp³-hybridized carbons (Fsp3) is 0.714. The molecular formula is C14H22N4O4. The summed E-state index contributed by atoms with van der Waals surface area (Å²) in [5.74, 6) is 0.253. The van der Waals surface area contributed by atoms with Crippen LogP contribution in [0.4, 0.5) is 11.5 Å². The summed E-state index contributed by atoms with van der Waals surface area (Å²) in [4.78, 5) is 18.8. The Bertz CT molecular complexity index is 492. The van der Waals surface area contributed by atoms with Gasteiger partial charge in [-0.3, -0.25) is 10.1 Å². The Morgan fingerprint density at radius 3 is 2.82 bits per heavy atom. The predicted octanol–water partition coefficient (Wildman–Crippen LogP) is 2.54. The lowest BCUT2D eigenvalue weighted by Gasteiger charge is -2.22. The number of hydrogen-bond acceptors (Lipinski definition) is 7. The van der Waals surface area contributed by atoms with Crippen molar-refractivity contribution in [1.82, 2.24) is 9.97 Å². The van der Waals surface area contributed by atoms with Gasteiger partial charge in [-0.05, 0) is 32.1 Å². The largest absolute Gasteiger partial charge is 0.469 e. The van der Waals surface area contributed by atoms with Gasteiger partial charge in [0, 0.05) is 20.3 Å². The molecule has 1 fully saturated rings. The topological polar surface area (TPSA) is 99.4 Å². The lowest BCUT2D eigenvalue weighted by molar-refractivity contribution is -0.385. The number of methoxy groups -OCH3 is 1. The Morgan fingerprint density at radius 1 is 1.36 bits per heavy atom. The smallest absolute Gasteiger partial charge is 0.372 e. The average Bonchev–Trinajstić information content (AvgIpc) is 2.52. The van der Waals surface area contributed by atoms with Crippen LogP contribution in [0.15, 0.2) is 6.33 Å². The van der Waals surface area contributed by atoms with E-state index in [4.69, 9.17) is 9.47 Å². The SMILES string of the molecule is COCCCNc1ncnc(OC2CCCCC2)c1[N+](=O)[O-]. The number of nitrogens with zero attached hydrogens (tertiary/aromatic N) is 3. The van der Waals surface area contributed by atoms with Gasteiger partial charge in [-0.1, -0.05) is 6.42 Å². The highest BCUT2D eigenvalue weighted by molar-refractivity contribution is 5.61. The number of rotatable bonds is 8. The molecule has 8 nitrogen and oxygen atoms in total. The molecule has 122 valence electrons. The maximum atomic E-state index is 11.4. The molecule has 0 radical (unpaired) electrons. The molecule has 0 unspecified atom stereocenters. The second-order valence-electron chi connectivity index (χ2n) is 5.28. The van der Waals surface area contributed by atoms with Gasteiger partial charge in [-0.15, -0.1) is 0 Å². The molecule has 1 aliphatic rings. The Labute approximate surface area is 129 Å². The Kier molecular flexibility index (Phi) is 6.32. The maximum Gasteiger partial charge on any atom is 0.372 e. The first-order chi connectivity index (χ1) is 10.7. The molecule has 1 aromatic rings. The molecule has 0 aromatic carbocycles. The lowest BCUT2D eigenvalue weighted by Crippen LogP contribution is -2.21. The van der Waals surface area contributed by atoms with Crippen LogP contribution in [0.2, 0.25) is 0 Å². The Hall–Kier alpha value is -1.96. The van der Waals surface area contributed by atoms with Gasteiger partial charge in [0.25, 0.3) is 5.88 Å². The summed E-state index contributed by atoms with van der Waals surface area (Å²) < 4.78 is 10.7. The number of anilines is 1. The summed E-state index contributed by atoms with van der Waals surface area (Å²) in [7, 11) is 1.61. The van der Waals surface area contributed by atoms with Gasteiger partial charge in [-0.25, -0.2) is 4.98 Å². The molecule has 1 aromatic heterocycles. The number of nitrogens with one attached hydrogen (secondary N) is 1. The normalized spacial score (nSPS) is 15.5. The van der Waals surface area contributed by atoms with Crippen molar-refractivity contribution in [2.45, 2.75) is 44.6 Å². The minimum atomic E-state index is -0.489. The van der Waals surface area contributed by atoms with Crippen LogP contribution in [0, 0.1) is 10.1 Å². The maximum absolute atomic E-state index is 11.4. The zero-order valence-electron chi connectivity index (χ0n) is 12.8. The number of aromatic nitrogens is 2. The minimum Gasteiger partial charge on any atom is -0.469 e. The van der Waals surface area contributed by atoms with Gasteiger partial charge >= 0.3 is 5.69 Å².